The third kappa shape index (κ3) is 2.62. The van der Waals surface area contributed by atoms with Crippen LogP contribution in [0.15, 0.2) is 46.8 Å². The largest absolute Gasteiger partial charge is 0.362 e. The summed E-state index contributed by atoms with van der Waals surface area (Å²) in [6, 6.07) is 8.15. The van der Waals surface area contributed by atoms with Crippen molar-refractivity contribution in [2.24, 2.45) is 5.41 Å². The number of hydrogen-bond donors (Lipinski definition) is 1. The SMILES string of the molecule is CC(=O)C1=C(C)NC2=C(C(=O)C(C)(C)CC2)C1c1cccc(C)c1. The highest BCUT2D eigenvalue weighted by atomic mass is 16.1. The standard InChI is InChI=1S/C21H25NO2/c1-12-7-6-8-15(11-12)18-17(14(3)23)13(2)22-16-9-10-21(4,5)20(24)19(16)18/h6-8,11,18,22H,9-10H2,1-5H3. The summed E-state index contributed by atoms with van der Waals surface area (Å²) in [6.07, 6.45) is 1.68. The number of nitrogens with one attached hydrogen (secondary N) is 1. The van der Waals surface area contributed by atoms with E-state index in [1.807, 2.05) is 45.9 Å². The number of aryl methyl sites for hydroxylation is 1. The fourth-order valence-electron chi connectivity index (χ4n) is 3.93. The van der Waals surface area contributed by atoms with Crippen molar-refractivity contribution >= 4 is 11.6 Å². The predicted molar refractivity (Wildman–Crippen MR) is 95.5 cm³/mol. The Morgan fingerprint density at radius 3 is 2.58 bits per heavy atom. The summed E-state index contributed by atoms with van der Waals surface area (Å²) in [5, 5.41) is 3.35. The van der Waals surface area contributed by atoms with Gasteiger partial charge in [0.2, 0.25) is 0 Å². The van der Waals surface area contributed by atoms with E-state index in [9.17, 15) is 9.59 Å². The number of carbonyl (C=O) groups excluding carboxylic acids is 2. The fourth-order valence-corrected chi connectivity index (χ4v) is 3.93. The van der Waals surface area contributed by atoms with E-state index in [1.54, 1.807) is 6.92 Å². The summed E-state index contributed by atoms with van der Waals surface area (Å²) >= 11 is 0. The van der Waals surface area contributed by atoms with Gasteiger partial charge in [-0.2, -0.15) is 0 Å². The molecular formula is C21H25NO2. The number of hydrogen-bond acceptors (Lipinski definition) is 3. The van der Waals surface area contributed by atoms with Gasteiger partial charge in [-0.3, -0.25) is 9.59 Å². The Labute approximate surface area is 143 Å². The summed E-state index contributed by atoms with van der Waals surface area (Å²) in [5.41, 5.74) is 5.15. The van der Waals surface area contributed by atoms with Crippen molar-refractivity contribution in [2.45, 2.75) is 53.4 Å². The van der Waals surface area contributed by atoms with Crippen LogP contribution in [-0.2, 0) is 9.59 Å². The molecule has 1 aromatic carbocycles. The fraction of sp³-hybridized carbons (Fsp3) is 0.429. The molecule has 1 aliphatic carbocycles. The van der Waals surface area contributed by atoms with E-state index in [2.05, 4.69) is 11.4 Å². The van der Waals surface area contributed by atoms with E-state index in [1.165, 1.54) is 0 Å². The molecule has 24 heavy (non-hydrogen) atoms. The highest BCUT2D eigenvalue weighted by Gasteiger charge is 2.43. The lowest BCUT2D eigenvalue weighted by Crippen LogP contribution is -2.40. The molecule has 0 spiro atoms. The van der Waals surface area contributed by atoms with Gasteiger partial charge in [-0.1, -0.05) is 43.7 Å². The van der Waals surface area contributed by atoms with Crippen molar-refractivity contribution in [2.75, 3.05) is 0 Å². The van der Waals surface area contributed by atoms with Crippen molar-refractivity contribution in [1.29, 1.82) is 0 Å². The van der Waals surface area contributed by atoms with Gasteiger partial charge in [0.15, 0.2) is 11.6 Å². The second kappa shape index (κ2) is 5.73. The molecule has 0 bridgehead atoms. The van der Waals surface area contributed by atoms with E-state index >= 15 is 0 Å². The van der Waals surface area contributed by atoms with Crippen molar-refractivity contribution < 1.29 is 9.59 Å². The lowest BCUT2D eigenvalue weighted by molar-refractivity contribution is -0.124. The Morgan fingerprint density at radius 2 is 1.96 bits per heavy atom. The van der Waals surface area contributed by atoms with Crippen LogP contribution in [0.25, 0.3) is 0 Å². The van der Waals surface area contributed by atoms with Crippen LogP contribution in [0.2, 0.25) is 0 Å². The zero-order valence-electron chi connectivity index (χ0n) is 15.1. The second-order valence-electron chi connectivity index (χ2n) is 7.67. The summed E-state index contributed by atoms with van der Waals surface area (Å²) in [4.78, 5) is 25.6. The van der Waals surface area contributed by atoms with E-state index < -0.39 is 0 Å². The minimum atomic E-state index is -0.379. The quantitative estimate of drug-likeness (QED) is 0.888. The van der Waals surface area contributed by atoms with Crippen LogP contribution in [0, 0.1) is 12.3 Å². The minimum absolute atomic E-state index is 0.0224. The molecule has 0 amide bonds. The summed E-state index contributed by atoms with van der Waals surface area (Å²) in [5.74, 6) is -0.0750. The van der Waals surface area contributed by atoms with E-state index in [-0.39, 0.29) is 22.9 Å². The molecule has 2 aliphatic rings. The van der Waals surface area contributed by atoms with Gasteiger partial charge in [0, 0.05) is 33.9 Å². The Hall–Kier alpha value is -2.16. The van der Waals surface area contributed by atoms with Crippen molar-refractivity contribution in [3.8, 4) is 0 Å². The molecule has 0 radical (unpaired) electrons. The number of carbonyl (C=O) groups is 2. The van der Waals surface area contributed by atoms with Crippen LogP contribution in [-0.4, -0.2) is 11.6 Å². The smallest absolute Gasteiger partial charge is 0.167 e. The zero-order chi connectivity index (χ0) is 17.6. The van der Waals surface area contributed by atoms with Crippen LogP contribution >= 0.6 is 0 Å². The minimum Gasteiger partial charge on any atom is -0.362 e. The molecule has 3 nitrogen and oxygen atoms in total. The molecule has 0 saturated carbocycles. The molecule has 1 aromatic rings. The van der Waals surface area contributed by atoms with Gasteiger partial charge in [-0.25, -0.2) is 0 Å². The lowest BCUT2D eigenvalue weighted by Gasteiger charge is -2.39. The molecule has 0 aromatic heterocycles. The Bertz CT molecular complexity index is 796. The van der Waals surface area contributed by atoms with Gasteiger partial charge in [-0.15, -0.1) is 0 Å². The van der Waals surface area contributed by atoms with Gasteiger partial charge >= 0.3 is 0 Å². The average molecular weight is 323 g/mol. The first-order valence-electron chi connectivity index (χ1n) is 8.55. The maximum atomic E-state index is 13.2. The summed E-state index contributed by atoms with van der Waals surface area (Å²) in [7, 11) is 0. The van der Waals surface area contributed by atoms with Crippen LogP contribution in [0.4, 0.5) is 0 Å². The predicted octanol–water partition coefficient (Wildman–Crippen LogP) is 4.19. The molecule has 0 saturated heterocycles. The van der Waals surface area contributed by atoms with Gasteiger partial charge < -0.3 is 5.32 Å². The van der Waals surface area contributed by atoms with E-state index in [0.29, 0.717) is 5.57 Å². The third-order valence-corrected chi connectivity index (χ3v) is 5.26. The average Bonchev–Trinajstić information content (AvgIpc) is 2.50. The van der Waals surface area contributed by atoms with Gasteiger partial charge in [0.25, 0.3) is 0 Å². The van der Waals surface area contributed by atoms with E-state index in [0.717, 1.165) is 40.9 Å². The molecular weight excluding hydrogens is 298 g/mol. The summed E-state index contributed by atoms with van der Waals surface area (Å²) in [6.45, 7) is 9.58. The topological polar surface area (TPSA) is 46.2 Å². The van der Waals surface area contributed by atoms with Crippen molar-refractivity contribution in [1.82, 2.24) is 5.32 Å². The Kier molecular flexibility index (Phi) is 3.98. The Balaban J connectivity index is 2.24. The molecule has 3 rings (SSSR count). The first kappa shape index (κ1) is 16.7. The second-order valence-corrected chi connectivity index (χ2v) is 7.67. The molecule has 3 heteroatoms. The van der Waals surface area contributed by atoms with Crippen LogP contribution in [0.5, 0.6) is 0 Å². The number of Topliss-reactive ketones (excluding diaryl/α,β-unsaturated/α-hetero) is 2. The van der Waals surface area contributed by atoms with Gasteiger partial charge in [0.05, 0.1) is 0 Å². The van der Waals surface area contributed by atoms with Crippen molar-refractivity contribution in [3.63, 3.8) is 0 Å². The first-order valence-corrected chi connectivity index (χ1v) is 8.55. The highest BCUT2D eigenvalue weighted by molar-refractivity contribution is 6.07. The number of allylic oxidation sites excluding steroid dienone is 4. The maximum absolute atomic E-state index is 13.2. The maximum Gasteiger partial charge on any atom is 0.167 e. The lowest BCUT2D eigenvalue weighted by atomic mass is 9.67. The molecule has 126 valence electrons. The molecule has 1 atom stereocenters. The molecule has 0 fully saturated rings. The third-order valence-electron chi connectivity index (χ3n) is 5.26. The highest BCUT2D eigenvalue weighted by Crippen LogP contribution is 2.46. The number of dihydropyridines is 1. The molecule has 1 N–H and O–H groups in total. The number of benzene rings is 1. The number of rotatable bonds is 2. The molecule has 1 unspecified atom stereocenters. The van der Waals surface area contributed by atoms with Crippen molar-refractivity contribution in [3.05, 3.63) is 57.9 Å². The van der Waals surface area contributed by atoms with E-state index in [4.69, 9.17) is 0 Å². The van der Waals surface area contributed by atoms with Gasteiger partial charge in [0.1, 0.15) is 0 Å². The normalized spacial score (nSPS) is 23.0. The van der Waals surface area contributed by atoms with Crippen LogP contribution in [0.3, 0.4) is 0 Å². The number of ketones is 2. The zero-order valence-corrected chi connectivity index (χ0v) is 15.1. The van der Waals surface area contributed by atoms with Crippen LogP contribution in [0.1, 0.15) is 57.6 Å². The monoisotopic (exact) mass is 323 g/mol. The van der Waals surface area contributed by atoms with Gasteiger partial charge in [-0.05, 0) is 39.2 Å². The molecule has 1 aliphatic heterocycles. The molecule has 1 heterocycles. The summed E-state index contributed by atoms with van der Waals surface area (Å²) < 4.78 is 0. The van der Waals surface area contributed by atoms with Crippen LogP contribution < -0.4 is 5.32 Å². The Morgan fingerprint density at radius 1 is 1.25 bits per heavy atom. The first-order chi connectivity index (χ1) is 11.2.